The average molecular weight is 384 g/mol. The molecule has 0 spiro atoms. The molecular formula is C24H33NO3. The number of phenols is 2. The smallest absolute Gasteiger partial charge is 0.258 e. The number of nitrogens with zero attached hydrogens (tertiary/aromatic N) is 1. The number of carbonyl (C=O) groups excluding carboxylic acids is 1. The van der Waals surface area contributed by atoms with Gasteiger partial charge in [-0.2, -0.15) is 0 Å². The molecule has 1 aromatic carbocycles. The van der Waals surface area contributed by atoms with Crippen LogP contribution in [0.2, 0.25) is 0 Å². The van der Waals surface area contributed by atoms with Crippen molar-refractivity contribution in [1.29, 1.82) is 0 Å². The lowest BCUT2D eigenvalue weighted by Crippen LogP contribution is -2.20. The largest absolute Gasteiger partial charge is 0.507 e. The molecule has 0 bridgehead atoms. The number of hydrogen-bond acceptors (Lipinski definition) is 3. The SMILES string of the molecule is C=C(C)C1CCC(C)=CC1c1c(O)cc(CCCCC)c(C(=O)N2CC2)c1O. The number of amides is 1. The van der Waals surface area contributed by atoms with E-state index in [1.54, 1.807) is 11.0 Å². The van der Waals surface area contributed by atoms with E-state index in [0.29, 0.717) is 17.5 Å². The van der Waals surface area contributed by atoms with Gasteiger partial charge in [-0.25, -0.2) is 0 Å². The van der Waals surface area contributed by atoms with Crippen molar-refractivity contribution in [3.63, 3.8) is 0 Å². The van der Waals surface area contributed by atoms with Gasteiger partial charge >= 0.3 is 0 Å². The first-order chi connectivity index (χ1) is 13.3. The van der Waals surface area contributed by atoms with E-state index in [1.165, 1.54) is 5.57 Å². The van der Waals surface area contributed by atoms with Gasteiger partial charge in [-0.05, 0) is 57.1 Å². The summed E-state index contributed by atoms with van der Waals surface area (Å²) in [6.45, 7) is 11.8. The van der Waals surface area contributed by atoms with Gasteiger partial charge in [0.1, 0.15) is 11.5 Å². The highest BCUT2D eigenvalue weighted by Gasteiger charge is 2.35. The zero-order valence-corrected chi connectivity index (χ0v) is 17.4. The third-order valence-electron chi connectivity index (χ3n) is 6.11. The fourth-order valence-electron chi connectivity index (χ4n) is 4.37. The van der Waals surface area contributed by atoms with Crippen LogP contribution in [0, 0.1) is 5.92 Å². The van der Waals surface area contributed by atoms with Crippen LogP contribution in [0.4, 0.5) is 0 Å². The Kier molecular flexibility index (Phi) is 6.17. The molecule has 4 heteroatoms. The van der Waals surface area contributed by atoms with Gasteiger partial charge in [0.15, 0.2) is 0 Å². The maximum atomic E-state index is 13.0. The molecule has 28 heavy (non-hydrogen) atoms. The topological polar surface area (TPSA) is 60.5 Å². The first kappa shape index (κ1) is 20.5. The molecule has 0 radical (unpaired) electrons. The number of phenolic OH excluding ortho intramolecular Hbond substituents is 2. The number of unbranched alkanes of at least 4 members (excludes halogenated alkanes) is 2. The van der Waals surface area contributed by atoms with E-state index in [9.17, 15) is 15.0 Å². The molecular weight excluding hydrogens is 350 g/mol. The Morgan fingerprint density at radius 1 is 1.29 bits per heavy atom. The van der Waals surface area contributed by atoms with Crippen LogP contribution in [0.25, 0.3) is 0 Å². The molecule has 1 fully saturated rings. The third kappa shape index (κ3) is 4.11. The number of carbonyl (C=O) groups is 1. The Balaban J connectivity index is 2.10. The zero-order chi connectivity index (χ0) is 20.4. The van der Waals surface area contributed by atoms with E-state index in [1.807, 2.05) is 6.92 Å². The molecule has 1 heterocycles. The third-order valence-corrected chi connectivity index (χ3v) is 6.11. The summed E-state index contributed by atoms with van der Waals surface area (Å²) in [7, 11) is 0. The minimum atomic E-state index is -0.156. The number of benzene rings is 1. The molecule has 2 atom stereocenters. The molecule has 1 aliphatic heterocycles. The lowest BCUT2D eigenvalue weighted by atomic mass is 9.73. The lowest BCUT2D eigenvalue weighted by Gasteiger charge is -2.32. The summed E-state index contributed by atoms with van der Waals surface area (Å²) in [5, 5.41) is 22.1. The van der Waals surface area contributed by atoms with Crippen molar-refractivity contribution < 1.29 is 15.0 Å². The van der Waals surface area contributed by atoms with Gasteiger partial charge in [-0.15, -0.1) is 0 Å². The Morgan fingerprint density at radius 3 is 2.61 bits per heavy atom. The summed E-state index contributed by atoms with van der Waals surface area (Å²) in [5.74, 6) is -0.0694. The van der Waals surface area contributed by atoms with Crippen molar-refractivity contribution in [1.82, 2.24) is 4.90 Å². The molecule has 1 saturated heterocycles. The monoisotopic (exact) mass is 383 g/mol. The highest BCUT2D eigenvalue weighted by atomic mass is 16.3. The van der Waals surface area contributed by atoms with E-state index in [0.717, 1.165) is 56.3 Å². The summed E-state index contributed by atoms with van der Waals surface area (Å²) in [6, 6.07) is 1.72. The summed E-state index contributed by atoms with van der Waals surface area (Å²) >= 11 is 0. The molecule has 3 rings (SSSR count). The van der Waals surface area contributed by atoms with Gasteiger partial charge in [0.25, 0.3) is 5.91 Å². The van der Waals surface area contributed by atoms with Crippen LogP contribution in [0.1, 0.15) is 80.3 Å². The summed E-state index contributed by atoms with van der Waals surface area (Å²) in [4.78, 5) is 14.7. The average Bonchev–Trinajstić information content (AvgIpc) is 3.46. The van der Waals surface area contributed by atoms with Gasteiger partial charge in [0.05, 0.1) is 5.56 Å². The Labute approximate surface area is 168 Å². The van der Waals surface area contributed by atoms with Crippen LogP contribution >= 0.6 is 0 Å². The molecule has 1 aromatic rings. The first-order valence-corrected chi connectivity index (χ1v) is 10.5. The maximum Gasteiger partial charge on any atom is 0.258 e. The molecule has 2 unspecified atom stereocenters. The predicted molar refractivity (Wildman–Crippen MR) is 113 cm³/mol. The minimum absolute atomic E-state index is 0.0365. The molecule has 152 valence electrons. The second kappa shape index (κ2) is 8.42. The lowest BCUT2D eigenvalue weighted by molar-refractivity contribution is 0.0881. The molecule has 2 N–H and O–H groups in total. The number of hydrogen-bond donors (Lipinski definition) is 2. The second-order valence-corrected chi connectivity index (χ2v) is 8.47. The quantitative estimate of drug-likeness (QED) is 0.381. The van der Waals surface area contributed by atoms with Gasteiger partial charge in [0, 0.05) is 24.6 Å². The van der Waals surface area contributed by atoms with Crippen molar-refractivity contribution in [2.24, 2.45) is 5.92 Å². The van der Waals surface area contributed by atoms with Gasteiger partial charge in [0.2, 0.25) is 0 Å². The van der Waals surface area contributed by atoms with Crippen molar-refractivity contribution in [3.05, 3.63) is 46.6 Å². The van der Waals surface area contributed by atoms with Crippen molar-refractivity contribution in [2.45, 2.75) is 65.2 Å². The normalized spacial score (nSPS) is 21.4. The number of rotatable bonds is 7. The molecule has 4 nitrogen and oxygen atoms in total. The molecule has 1 aliphatic carbocycles. The van der Waals surface area contributed by atoms with Crippen LogP contribution in [0.5, 0.6) is 11.5 Å². The second-order valence-electron chi connectivity index (χ2n) is 8.47. The van der Waals surface area contributed by atoms with Crippen molar-refractivity contribution in [2.75, 3.05) is 13.1 Å². The van der Waals surface area contributed by atoms with Crippen LogP contribution in [0.15, 0.2) is 29.9 Å². The Hall–Kier alpha value is -2.23. The predicted octanol–water partition coefficient (Wildman–Crippen LogP) is 5.30. The van der Waals surface area contributed by atoms with Crippen molar-refractivity contribution >= 4 is 5.91 Å². The van der Waals surface area contributed by atoms with Crippen LogP contribution < -0.4 is 0 Å². The van der Waals surface area contributed by atoms with Crippen LogP contribution in [-0.4, -0.2) is 34.1 Å². The number of aryl methyl sites for hydroxylation is 1. The fourth-order valence-corrected chi connectivity index (χ4v) is 4.37. The summed E-state index contributed by atoms with van der Waals surface area (Å²) < 4.78 is 0. The zero-order valence-electron chi connectivity index (χ0n) is 17.4. The summed E-state index contributed by atoms with van der Waals surface area (Å²) in [5.41, 5.74) is 3.91. The highest BCUT2D eigenvalue weighted by Crippen LogP contribution is 2.48. The van der Waals surface area contributed by atoms with E-state index in [2.05, 4.69) is 26.5 Å². The highest BCUT2D eigenvalue weighted by molar-refractivity contribution is 6.00. The van der Waals surface area contributed by atoms with E-state index in [-0.39, 0.29) is 29.2 Å². The van der Waals surface area contributed by atoms with E-state index in [4.69, 9.17) is 0 Å². The van der Waals surface area contributed by atoms with Gasteiger partial charge < -0.3 is 15.1 Å². The Bertz CT molecular complexity index is 805. The maximum absolute atomic E-state index is 13.0. The minimum Gasteiger partial charge on any atom is -0.507 e. The van der Waals surface area contributed by atoms with Crippen LogP contribution in [-0.2, 0) is 6.42 Å². The molecule has 1 amide bonds. The van der Waals surface area contributed by atoms with Gasteiger partial charge in [-0.1, -0.05) is 43.6 Å². The molecule has 0 saturated carbocycles. The number of allylic oxidation sites excluding steroid dienone is 3. The summed E-state index contributed by atoms with van der Waals surface area (Å²) in [6.07, 6.45) is 7.82. The van der Waals surface area contributed by atoms with E-state index < -0.39 is 0 Å². The molecule has 2 aliphatic rings. The fraction of sp³-hybridized carbons (Fsp3) is 0.542. The number of aromatic hydroxyl groups is 2. The standard InChI is InChI=1S/C24H33NO3/c1-5-6-7-8-17-14-20(26)22(23(27)21(17)24(28)25-11-12-25)19-13-16(4)9-10-18(19)15(2)3/h13-14,18-19,26-27H,2,5-12H2,1,3-4H3. The molecule has 0 aromatic heterocycles. The Morgan fingerprint density at radius 2 is 2.00 bits per heavy atom. The van der Waals surface area contributed by atoms with Crippen molar-refractivity contribution in [3.8, 4) is 11.5 Å². The first-order valence-electron chi connectivity index (χ1n) is 10.5. The van der Waals surface area contributed by atoms with Crippen LogP contribution in [0.3, 0.4) is 0 Å². The van der Waals surface area contributed by atoms with Gasteiger partial charge in [-0.3, -0.25) is 4.79 Å². The van der Waals surface area contributed by atoms with E-state index >= 15 is 0 Å².